The summed E-state index contributed by atoms with van der Waals surface area (Å²) in [6, 6.07) is 9.99. The van der Waals surface area contributed by atoms with Crippen molar-refractivity contribution in [3.05, 3.63) is 46.2 Å². The SMILES string of the molecule is CCOc1cc(CN2CCC(Nc3nc(Cl)nc4cc(OC)c(OC)cc34)CC2)ccc1Cl. The number of piperidine rings is 1. The monoisotopic (exact) mass is 490 g/mol. The van der Waals surface area contributed by atoms with Crippen molar-refractivity contribution < 1.29 is 14.2 Å². The number of hydrogen-bond acceptors (Lipinski definition) is 7. The molecule has 1 aliphatic rings. The van der Waals surface area contributed by atoms with Crippen molar-refractivity contribution in [2.45, 2.75) is 32.4 Å². The van der Waals surface area contributed by atoms with Crippen molar-refractivity contribution in [1.29, 1.82) is 0 Å². The molecule has 0 aliphatic carbocycles. The fraction of sp³-hybridized carbons (Fsp3) is 0.417. The number of hydrogen-bond donors (Lipinski definition) is 1. The van der Waals surface area contributed by atoms with Gasteiger partial charge in [-0.3, -0.25) is 4.90 Å². The Morgan fingerprint density at radius 2 is 1.73 bits per heavy atom. The maximum Gasteiger partial charge on any atom is 0.224 e. The summed E-state index contributed by atoms with van der Waals surface area (Å²) in [6.45, 7) is 5.36. The summed E-state index contributed by atoms with van der Waals surface area (Å²) in [4.78, 5) is 11.2. The highest BCUT2D eigenvalue weighted by Gasteiger charge is 2.22. The van der Waals surface area contributed by atoms with E-state index in [0.717, 1.165) is 43.6 Å². The van der Waals surface area contributed by atoms with Crippen LogP contribution in [-0.2, 0) is 6.54 Å². The van der Waals surface area contributed by atoms with Crippen LogP contribution in [0.25, 0.3) is 10.9 Å². The Hall–Kier alpha value is -2.48. The lowest BCUT2D eigenvalue weighted by Crippen LogP contribution is -2.38. The molecular formula is C24H28Cl2N4O3. The van der Waals surface area contributed by atoms with E-state index in [-0.39, 0.29) is 11.3 Å². The van der Waals surface area contributed by atoms with Crippen LogP contribution in [0.15, 0.2) is 30.3 Å². The van der Waals surface area contributed by atoms with Gasteiger partial charge in [-0.25, -0.2) is 9.97 Å². The minimum Gasteiger partial charge on any atom is -0.493 e. The van der Waals surface area contributed by atoms with Crippen LogP contribution in [0.1, 0.15) is 25.3 Å². The average molecular weight is 491 g/mol. The number of rotatable bonds is 8. The van der Waals surface area contributed by atoms with E-state index in [1.54, 1.807) is 14.2 Å². The molecule has 1 N–H and O–H groups in total. The smallest absolute Gasteiger partial charge is 0.224 e. The van der Waals surface area contributed by atoms with Crippen LogP contribution in [-0.4, -0.2) is 54.8 Å². The first-order valence-electron chi connectivity index (χ1n) is 11.0. The topological polar surface area (TPSA) is 68.7 Å². The maximum atomic E-state index is 6.22. The highest BCUT2D eigenvalue weighted by molar-refractivity contribution is 6.32. The van der Waals surface area contributed by atoms with E-state index in [1.807, 2.05) is 31.2 Å². The molecule has 0 radical (unpaired) electrons. The van der Waals surface area contributed by atoms with Gasteiger partial charge in [0.25, 0.3) is 0 Å². The number of likely N-dealkylation sites (tertiary alicyclic amines) is 1. The van der Waals surface area contributed by atoms with Crippen molar-refractivity contribution >= 4 is 39.9 Å². The van der Waals surface area contributed by atoms with Crippen LogP contribution in [0.5, 0.6) is 17.2 Å². The van der Waals surface area contributed by atoms with Gasteiger partial charge in [0.15, 0.2) is 11.5 Å². The van der Waals surface area contributed by atoms with Crippen LogP contribution >= 0.6 is 23.2 Å². The van der Waals surface area contributed by atoms with Gasteiger partial charge in [0.2, 0.25) is 5.28 Å². The number of ether oxygens (including phenoxy) is 3. The first kappa shape index (κ1) is 23.7. The van der Waals surface area contributed by atoms with Gasteiger partial charge in [0.05, 0.1) is 31.4 Å². The van der Waals surface area contributed by atoms with E-state index in [0.29, 0.717) is 34.5 Å². The number of nitrogens with one attached hydrogen (secondary N) is 1. The number of methoxy groups -OCH3 is 2. The molecule has 0 spiro atoms. The zero-order chi connectivity index (χ0) is 23.4. The van der Waals surface area contributed by atoms with Gasteiger partial charge in [-0.05, 0) is 55.1 Å². The second-order valence-electron chi connectivity index (χ2n) is 7.96. The standard InChI is InChI=1S/C24H28Cl2N4O3/c1-4-33-20-11-15(5-6-18(20)25)14-30-9-7-16(8-10-30)27-23-17-12-21(31-2)22(32-3)13-19(17)28-24(26)29-23/h5-6,11-13,16H,4,7-10,14H2,1-3H3,(H,27,28,29). The molecule has 0 bridgehead atoms. The number of anilines is 1. The first-order valence-corrected chi connectivity index (χ1v) is 11.8. The van der Waals surface area contributed by atoms with E-state index in [4.69, 9.17) is 37.4 Å². The van der Waals surface area contributed by atoms with E-state index < -0.39 is 0 Å². The van der Waals surface area contributed by atoms with E-state index in [1.165, 1.54) is 5.56 Å². The summed E-state index contributed by atoms with van der Waals surface area (Å²) in [6.07, 6.45) is 1.98. The Bertz CT molecular complexity index is 1120. The maximum absolute atomic E-state index is 6.22. The Morgan fingerprint density at radius 3 is 2.42 bits per heavy atom. The molecule has 176 valence electrons. The fourth-order valence-electron chi connectivity index (χ4n) is 4.14. The van der Waals surface area contributed by atoms with Crippen molar-refractivity contribution in [2.75, 3.05) is 39.2 Å². The predicted octanol–water partition coefficient (Wildman–Crippen LogP) is 5.43. The lowest BCUT2D eigenvalue weighted by atomic mass is 10.0. The zero-order valence-electron chi connectivity index (χ0n) is 19.0. The second-order valence-corrected chi connectivity index (χ2v) is 8.70. The molecule has 1 fully saturated rings. The minimum absolute atomic E-state index is 0.197. The molecule has 0 amide bonds. The highest BCUT2D eigenvalue weighted by Crippen LogP contribution is 2.35. The quantitative estimate of drug-likeness (QED) is 0.422. The third-order valence-electron chi connectivity index (χ3n) is 5.80. The molecule has 1 aromatic heterocycles. The van der Waals surface area contributed by atoms with Gasteiger partial charge in [-0.1, -0.05) is 17.7 Å². The van der Waals surface area contributed by atoms with Crippen molar-refractivity contribution in [3.63, 3.8) is 0 Å². The van der Waals surface area contributed by atoms with Crippen molar-refractivity contribution in [2.24, 2.45) is 0 Å². The predicted molar refractivity (Wildman–Crippen MR) is 132 cm³/mol. The number of nitrogens with zero attached hydrogens (tertiary/aromatic N) is 3. The lowest BCUT2D eigenvalue weighted by Gasteiger charge is -2.33. The van der Waals surface area contributed by atoms with E-state index in [2.05, 4.69) is 26.3 Å². The fourth-order valence-corrected chi connectivity index (χ4v) is 4.48. The van der Waals surface area contributed by atoms with E-state index >= 15 is 0 Å². The number of benzene rings is 2. The van der Waals surface area contributed by atoms with Gasteiger partial charge < -0.3 is 19.5 Å². The van der Waals surface area contributed by atoms with Gasteiger partial charge in [0, 0.05) is 37.1 Å². The number of halogens is 2. The van der Waals surface area contributed by atoms with Crippen LogP contribution in [0.3, 0.4) is 0 Å². The third kappa shape index (κ3) is 5.54. The van der Waals surface area contributed by atoms with Crippen LogP contribution in [0.4, 0.5) is 5.82 Å². The average Bonchev–Trinajstić information content (AvgIpc) is 2.81. The highest BCUT2D eigenvalue weighted by atomic mass is 35.5. The molecule has 1 saturated heterocycles. The molecule has 0 unspecified atom stereocenters. The minimum atomic E-state index is 0.197. The third-order valence-corrected chi connectivity index (χ3v) is 6.29. The van der Waals surface area contributed by atoms with Crippen LogP contribution in [0, 0.1) is 0 Å². The Balaban J connectivity index is 1.43. The molecule has 4 rings (SSSR count). The Labute approximate surface area is 204 Å². The molecule has 2 heterocycles. The first-order chi connectivity index (χ1) is 16.0. The van der Waals surface area contributed by atoms with Crippen LogP contribution < -0.4 is 19.5 Å². The number of fused-ring (bicyclic) bond motifs is 1. The van der Waals surface area contributed by atoms with Crippen molar-refractivity contribution in [3.8, 4) is 17.2 Å². The molecule has 7 nitrogen and oxygen atoms in total. The summed E-state index contributed by atoms with van der Waals surface area (Å²) in [5, 5.41) is 5.27. The summed E-state index contributed by atoms with van der Waals surface area (Å²) in [5.74, 6) is 2.69. The van der Waals surface area contributed by atoms with Gasteiger partial charge >= 0.3 is 0 Å². The van der Waals surface area contributed by atoms with Gasteiger partial charge in [0.1, 0.15) is 11.6 Å². The summed E-state index contributed by atoms with van der Waals surface area (Å²) in [5.41, 5.74) is 1.91. The second kappa shape index (κ2) is 10.6. The molecule has 9 heteroatoms. The van der Waals surface area contributed by atoms with Crippen LogP contribution in [0.2, 0.25) is 10.3 Å². The Kier molecular flexibility index (Phi) is 7.63. The summed E-state index contributed by atoms with van der Waals surface area (Å²) >= 11 is 12.4. The molecule has 0 saturated carbocycles. The molecule has 2 aromatic carbocycles. The van der Waals surface area contributed by atoms with E-state index in [9.17, 15) is 0 Å². The molecule has 1 aliphatic heterocycles. The van der Waals surface area contributed by atoms with Gasteiger partial charge in [-0.2, -0.15) is 0 Å². The zero-order valence-corrected chi connectivity index (χ0v) is 20.5. The van der Waals surface area contributed by atoms with Crippen molar-refractivity contribution in [1.82, 2.24) is 14.9 Å². The summed E-state index contributed by atoms with van der Waals surface area (Å²) in [7, 11) is 3.21. The molecule has 3 aromatic rings. The normalized spacial score (nSPS) is 14.9. The lowest BCUT2D eigenvalue weighted by molar-refractivity contribution is 0.211. The molecule has 0 atom stereocenters. The molecule has 33 heavy (non-hydrogen) atoms. The molecular weight excluding hydrogens is 463 g/mol. The largest absolute Gasteiger partial charge is 0.493 e. The van der Waals surface area contributed by atoms with Gasteiger partial charge in [-0.15, -0.1) is 0 Å². The number of aromatic nitrogens is 2. The summed E-state index contributed by atoms with van der Waals surface area (Å²) < 4.78 is 16.5. The Morgan fingerprint density at radius 1 is 1.00 bits per heavy atom.